The van der Waals surface area contributed by atoms with E-state index in [0.717, 1.165) is 6.04 Å². The first-order chi connectivity index (χ1) is 3.92. The molecule has 0 fully saturated rings. The number of rotatable bonds is 3. The Bertz CT molecular complexity index is 108. The Morgan fingerprint density at radius 3 is 2.00 bits per heavy atom. The molecule has 0 aliphatic heterocycles. The maximum atomic E-state index is 10.2. The van der Waals surface area contributed by atoms with E-state index in [9.17, 15) is 4.21 Å². The van der Waals surface area contributed by atoms with Crippen molar-refractivity contribution in [1.29, 1.82) is 0 Å². The second-order valence-electron chi connectivity index (χ2n) is 3.34. The minimum absolute atomic E-state index is 0.454. The van der Waals surface area contributed by atoms with Crippen LogP contribution in [0.3, 0.4) is 0 Å². The molecule has 0 amide bonds. The molecular formula is C5H14O2SSi. The highest BCUT2D eigenvalue weighted by molar-refractivity contribution is 7.79. The van der Waals surface area contributed by atoms with Crippen LogP contribution in [0.15, 0.2) is 0 Å². The Morgan fingerprint density at radius 1 is 1.44 bits per heavy atom. The lowest BCUT2D eigenvalue weighted by atomic mass is 11.0. The van der Waals surface area contributed by atoms with Gasteiger partial charge < -0.3 is 4.55 Å². The lowest BCUT2D eigenvalue weighted by Gasteiger charge is -2.12. The molecule has 0 aromatic heterocycles. The average molecular weight is 166 g/mol. The van der Waals surface area contributed by atoms with Crippen LogP contribution < -0.4 is 0 Å². The second kappa shape index (κ2) is 3.48. The van der Waals surface area contributed by atoms with Crippen molar-refractivity contribution in [3.63, 3.8) is 0 Å². The fourth-order valence-electron chi connectivity index (χ4n) is 0.393. The van der Waals surface area contributed by atoms with Crippen molar-refractivity contribution in [2.24, 2.45) is 0 Å². The molecule has 1 atom stereocenters. The molecule has 1 N–H and O–H groups in total. The molecule has 0 rings (SSSR count). The fraction of sp³-hybridized carbons (Fsp3) is 1.00. The first-order valence-corrected chi connectivity index (χ1v) is 7.97. The van der Waals surface area contributed by atoms with Gasteiger partial charge in [0.05, 0.1) is 0 Å². The highest BCUT2D eigenvalue weighted by atomic mass is 32.2. The minimum atomic E-state index is -1.58. The molecule has 0 saturated heterocycles. The molecule has 0 saturated carbocycles. The van der Waals surface area contributed by atoms with Crippen molar-refractivity contribution < 1.29 is 8.76 Å². The Kier molecular flexibility index (Phi) is 3.61. The van der Waals surface area contributed by atoms with E-state index in [-0.39, 0.29) is 0 Å². The van der Waals surface area contributed by atoms with Crippen LogP contribution in [0.4, 0.5) is 0 Å². The maximum Gasteiger partial charge on any atom is 0.152 e. The van der Waals surface area contributed by atoms with Gasteiger partial charge in [0.1, 0.15) is 0 Å². The summed E-state index contributed by atoms with van der Waals surface area (Å²) in [6.07, 6.45) is 0. The van der Waals surface area contributed by atoms with Gasteiger partial charge in [-0.1, -0.05) is 19.6 Å². The Balaban J connectivity index is 3.39. The summed E-state index contributed by atoms with van der Waals surface area (Å²) in [4.78, 5) is 0. The van der Waals surface area contributed by atoms with Crippen molar-refractivity contribution in [3.8, 4) is 0 Å². The molecule has 0 spiro atoms. The van der Waals surface area contributed by atoms with Gasteiger partial charge in [0, 0.05) is 13.8 Å². The zero-order valence-corrected chi connectivity index (χ0v) is 7.99. The van der Waals surface area contributed by atoms with Gasteiger partial charge in [0.2, 0.25) is 0 Å². The summed E-state index contributed by atoms with van der Waals surface area (Å²) in [6.45, 7) is 6.58. The predicted molar refractivity (Wildman–Crippen MR) is 43.8 cm³/mol. The summed E-state index contributed by atoms with van der Waals surface area (Å²) in [5.74, 6) is 0.454. The van der Waals surface area contributed by atoms with Crippen LogP contribution in [0, 0.1) is 0 Å². The van der Waals surface area contributed by atoms with Crippen LogP contribution in [0.1, 0.15) is 0 Å². The average Bonchev–Trinajstić information content (AvgIpc) is 1.59. The molecule has 0 radical (unpaired) electrons. The standard InChI is InChI=1S/C5H14O2SSi/c1-9(2,3)5-4-8(6)7/h4-5H2,1-3H3,(H,6,7). The van der Waals surface area contributed by atoms with Crippen LogP contribution in [-0.2, 0) is 11.1 Å². The van der Waals surface area contributed by atoms with E-state index in [1.807, 2.05) is 0 Å². The van der Waals surface area contributed by atoms with Crippen molar-refractivity contribution in [3.05, 3.63) is 0 Å². The van der Waals surface area contributed by atoms with Gasteiger partial charge >= 0.3 is 0 Å². The van der Waals surface area contributed by atoms with E-state index >= 15 is 0 Å². The van der Waals surface area contributed by atoms with Crippen molar-refractivity contribution in [1.82, 2.24) is 0 Å². The van der Waals surface area contributed by atoms with E-state index in [2.05, 4.69) is 19.6 Å². The maximum absolute atomic E-state index is 10.2. The zero-order valence-electron chi connectivity index (χ0n) is 6.18. The molecule has 56 valence electrons. The molecule has 9 heavy (non-hydrogen) atoms. The molecule has 0 aliphatic rings. The Labute approximate surface area is 60.0 Å². The molecule has 0 bridgehead atoms. The third kappa shape index (κ3) is 8.33. The van der Waals surface area contributed by atoms with Crippen molar-refractivity contribution >= 4 is 19.2 Å². The van der Waals surface area contributed by atoms with Crippen LogP contribution in [0.25, 0.3) is 0 Å². The zero-order chi connectivity index (χ0) is 7.49. The third-order valence-electron chi connectivity index (χ3n) is 1.03. The van der Waals surface area contributed by atoms with Crippen LogP contribution in [-0.4, -0.2) is 22.6 Å². The highest BCUT2D eigenvalue weighted by Crippen LogP contribution is 2.07. The summed E-state index contributed by atoms with van der Waals surface area (Å²) in [6, 6.07) is 0.941. The van der Waals surface area contributed by atoms with E-state index < -0.39 is 19.2 Å². The van der Waals surface area contributed by atoms with Gasteiger partial charge in [-0.3, -0.25) is 0 Å². The highest BCUT2D eigenvalue weighted by Gasteiger charge is 2.13. The van der Waals surface area contributed by atoms with Gasteiger partial charge in [0.25, 0.3) is 0 Å². The molecule has 1 unspecified atom stereocenters. The molecule has 4 heteroatoms. The SMILES string of the molecule is C[Si](C)(C)CCS(=O)O. The summed E-state index contributed by atoms with van der Waals surface area (Å²) in [5, 5.41) is 0. The van der Waals surface area contributed by atoms with Crippen molar-refractivity contribution in [2.75, 3.05) is 5.75 Å². The summed E-state index contributed by atoms with van der Waals surface area (Å²) in [7, 11) is -1.07. The van der Waals surface area contributed by atoms with Crippen LogP contribution in [0.5, 0.6) is 0 Å². The van der Waals surface area contributed by atoms with Crippen molar-refractivity contribution in [2.45, 2.75) is 25.7 Å². The first-order valence-electron chi connectivity index (χ1n) is 2.99. The third-order valence-corrected chi connectivity index (χ3v) is 3.69. The lowest BCUT2D eigenvalue weighted by Crippen LogP contribution is -2.21. The topological polar surface area (TPSA) is 37.3 Å². The summed E-state index contributed by atoms with van der Waals surface area (Å²) in [5.41, 5.74) is 0. The van der Waals surface area contributed by atoms with E-state index in [0.29, 0.717) is 5.75 Å². The molecule has 0 heterocycles. The molecule has 0 aromatic rings. The summed E-state index contributed by atoms with van der Waals surface area (Å²) >= 11 is -1.58. The Morgan fingerprint density at radius 2 is 1.89 bits per heavy atom. The monoisotopic (exact) mass is 166 g/mol. The normalized spacial score (nSPS) is 15.6. The van der Waals surface area contributed by atoms with Gasteiger partial charge in [-0.15, -0.1) is 0 Å². The van der Waals surface area contributed by atoms with E-state index in [1.54, 1.807) is 0 Å². The number of hydrogen-bond acceptors (Lipinski definition) is 1. The summed E-state index contributed by atoms with van der Waals surface area (Å²) < 4.78 is 18.6. The molecular weight excluding hydrogens is 152 g/mol. The Hall–Kier alpha value is 0.327. The van der Waals surface area contributed by atoms with Gasteiger partial charge in [0.15, 0.2) is 11.1 Å². The first kappa shape index (κ1) is 9.33. The minimum Gasteiger partial charge on any atom is -0.306 e. The smallest absolute Gasteiger partial charge is 0.152 e. The fourth-order valence-corrected chi connectivity index (χ4v) is 3.54. The largest absolute Gasteiger partial charge is 0.306 e. The number of hydrogen-bond donors (Lipinski definition) is 1. The van der Waals surface area contributed by atoms with Gasteiger partial charge in [-0.05, 0) is 6.04 Å². The predicted octanol–water partition coefficient (Wildman–Crippen LogP) is 1.55. The quantitative estimate of drug-likeness (QED) is 0.510. The second-order valence-corrected chi connectivity index (χ2v) is 10.0. The molecule has 0 aliphatic carbocycles. The van der Waals surface area contributed by atoms with E-state index in [1.165, 1.54) is 0 Å². The van der Waals surface area contributed by atoms with Crippen LogP contribution in [0.2, 0.25) is 25.7 Å². The van der Waals surface area contributed by atoms with Gasteiger partial charge in [-0.25, -0.2) is 4.21 Å². The lowest BCUT2D eigenvalue weighted by molar-refractivity contribution is 0.565. The van der Waals surface area contributed by atoms with E-state index in [4.69, 9.17) is 4.55 Å². The van der Waals surface area contributed by atoms with Gasteiger partial charge in [-0.2, -0.15) is 0 Å². The molecule has 0 aromatic carbocycles. The van der Waals surface area contributed by atoms with Crippen LogP contribution >= 0.6 is 0 Å². The molecule has 2 nitrogen and oxygen atoms in total.